The maximum absolute atomic E-state index is 12.0. The number of carbonyl (C=O) groups is 1. The highest BCUT2D eigenvalue weighted by Gasteiger charge is 2.47. The van der Waals surface area contributed by atoms with Gasteiger partial charge in [0.2, 0.25) is 0 Å². The summed E-state index contributed by atoms with van der Waals surface area (Å²) in [6.07, 6.45) is -0.943. The van der Waals surface area contributed by atoms with E-state index in [1.54, 1.807) is 7.11 Å². The summed E-state index contributed by atoms with van der Waals surface area (Å²) in [6, 6.07) is 7.68. The first-order valence-electron chi connectivity index (χ1n) is 7.53. The lowest BCUT2D eigenvalue weighted by molar-refractivity contribution is -0.127. The van der Waals surface area contributed by atoms with Crippen molar-refractivity contribution in [2.24, 2.45) is 17.8 Å². The predicted octanol–water partition coefficient (Wildman–Crippen LogP) is 2.60. The zero-order valence-electron chi connectivity index (χ0n) is 13.4. The summed E-state index contributed by atoms with van der Waals surface area (Å²) in [4.78, 5) is 12.0. The molecule has 0 unspecified atom stereocenters. The highest BCUT2D eigenvalue weighted by Crippen LogP contribution is 2.38. The van der Waals surface area contributed by atoms with Gasteiger partial charge in [0.1, 0.15) is 11.9 Å². The lowest BCUT2D eigenvalue weighted by Crippen LogP contribution is -2.25. The Kier molecular flexibility index (Phi) is 5.37. The Labute approximate surface area is 131 Å². The summed E-state index contributed by atoms with van der Waals surface area (Å²) in [5.74, 6) is 0.277. The molecule has 0 heterocycles. The minimum Gasteiger partial charge on any atom is -0.497 e. The molecule has 2 rings (SSSR count). The first-order valence-corrected chi connectivity index (χ1v) is 7.53. The van der Waals surface area contributed by atoms with Crippen molar-refractivity contribution in [3.63, 3.8) is 0 Å². The van der Waals surface area contributed by atoms with Crippen LogP contribution in [0.25, 0.3) is 0 Å². The Morgan fingerprint density at radius 2 is 1.95 bits per heavy atom. The molecule has 4 heteroatoms. The van der Waals surface area contributed by atoms with Crippen LogP contribution < -0.4 is 4.74 Å². The van der Waals surface area contributed by atoms with Crippen LogP contribution in [0.2, 0.25) is 0 Å². The van der Waals surface area contributed by atoms with Gasteiger partial charge in [0.15, 0.2) is 5.78 Å². The normalized spacial score (nSPS) is 27.9. The number of benzene rings is 1. The average molecular weight is 304 g/mol. The van der Waals surface area contributed by atoms with Gasteiger partial charge in [-0.1, -0.05) is 31.2 Å². The molecule has 0 radical (unpaired) electrons. The first-order chi connectivity index (χ1) is 10.5. The molecule has 1 aliphatic rings. The third kappa shape index (κ3) is 3.39. The number of aliphatic hydroxyl groups excluding tert-OH is 1. The number of hydrogen-bond donors (Lipinski definition) is 1. The molecule has 0 aromatic heterocycles. The fourth-order valence-electron chi connectivity index (χ4n) is 3.12. The minimum absolute atomic E-state index is 0.0155. The number of carbonyl (C=O) groups excluding carboxylic acids is 1. The number of methoxy groups -OCH3 is 1. The monoisotopic (exact) mass is 304 g/mol. The van der Waals surface area contributed by atoms with Crippen LogP contribution in [0.5, 0.6) is 5.75 Å². The van der Waals surface area contributed by atoms with Gasteiger partial charge in [-0.2, -0.15) is 0 Å². The summed E-state index contributed by atoms with van der Waals surface area (Å²) in [7, 11) is 1.63. The molecule has 0 aliphatic heterocycles. The summed E-state index contributed by atoms with van der Waals surface area (Å²) < 4.78 is 10.9. The largest absolute Gasteiger partial charge is 0.497 e. The first kappa shape index (κ1) is 16.7. The van der Waals surface area contributed by atoms with E-state index in [4.69, 9.17) is 9.47 Å². The van der Waals surface area contributed by atoms with E-state index >= 15 is 0 Å². The molecule has 1 N–H and O–H groups in total. The van der Waals surface area contributed by atoms with Crippen LogP contribution in [0.4, 0.5) is 0 Å². The van der Waals surface area contributed by atoms with Gasteiger partial charge in [0.25, 0.3) is 0 Å². The topological polar surface area (TPSA) is 55.8 Å². The molecule has 120 valence electrons. The van der Waals surface area contributed by atoms with Gasteiger partial charge in [0, 0.05) is 17.8 Å². The summed E-state index contributed by atoms with van der Waals surface area (Å²) >= 11 is 0. The average Bonchev–Trinajstić information content (AvgIpc) is 2.72. The van der Waals surface area contributed by atoms with Crippen LogP contribution in [-0.4, -0.2) is 30.7 Å². The molecule has 22 heavy (non-hydrogen) atoms. The van der Waals surface area contributed by atoms with E-state index in [-0.39, 0.29) is 23.5 Å². The summed E-state index contributed by atoms with van der Waals surface area (Å²) in [6.45, 7) is 8.53. The molecule has 0 spiro atoms. The van der Waals surface area contributed by atoms with E-state index in [1.807, 2.05) is 38.1 Å². The lowest BCUT2D eigenvalue weighted by atomic mass is 9.86. The van der Waals surface area contributed by atoms with Crippen LogP contribution in [0.3, 0.4) is 0 Å². The van der Waals surface area contributed by atoms with E-state index in [2.05, 4.69) is 6.58 Å². The number of hydrogen-bond acceptors (Lipinski definition) is 4. The maximum atomic E-state index is 12.0. The Morgan fingerprint density at radius 3 is 2.50 bits per heavy atom. The minimum atomic E-state index is -0.943. The van der Waals surface area contributed by atoms with Crippen molar-refractivity contribution in [3.05, 3.63) is 42.0 Å². The van der Waals surface area contributed by atoms with Crippen molar-refractivity contribution in [2.75, 3.05) is 13.7 Å². The van der Waals surface area contributed by atoms with E-state index in [0.29, 0.717) is 13.2 Å². The van der Waals surface area contributed by atoms with Crippen molar-refractivity contribution in [3.8, 4) is 5.75 Å². The molecule has 0 saturated heterocycles. The van der Waals surface area contributed by atoms with Crippen LogP contribution in [0.15, 0.2) is 36.4 Å². The van der Waals surface area contributed by atoms with Gasteiger partial charge in [-0.15, -0.1) is 0 Å². The zero-order chi connectivity index (χ0) is 16.3. The number of aliphatic hydroxyl groups is 1. The van der Waals surface area contributed by atoms with Crippen molar-refractivity contribution < 1.29 is 19.4 Å². The lowest BCUT2D eigenvalue weighted by Gasteiger charge is -2.23. The SMILES string of the molecule is C=C(C)[C@@H]1[C@H](COCc2ccc(OC)cc2)[C@@H](C)C(=O)[C@H]1O. The van der Waals surface area contributed by atoms with E-state index in [9.17, 15) is 9.90 Å². The van der Waals surface area contributed by atoms with Crippen LogP contribution in [0, 0.1) is 17.8 Å². The fraction of sp³-hybridized carbons (Fsp3) is 0.500. The van der Waals surface area contributed by atoms with Crippen molar-refractivity contribution in [2.45, 2.75) is 26.6 Å². The molecule has 1 aromatic carbocycles. The summed E-state index contributed by atoms with van der Waals surface area (Å²) in [5, 5.41) is 10.1. The van der Waals surface area contributed by atoms with E-state index < -0.39 is 6.10 Å². The second-order valence-corrected chi connectivity index (χ2v) is 6.04. The smallest absolute Gasteiger partial charge is 0.165 e. The quantitative estimate of drug-likeness (QED) is 0.821. The van der Waals surface area contributed by atoms with Crippen LogP contribution in [0.1, 0.15) is 19.4 Å². The zero-order valence-corrected chi connectivity index (χ0v) is 13.4. The van der Waals surface area contributed by atoms with Crippen LogP contribution in [-0.2, 0) is 16.1 Å². The van der Waals surface area contributed by atoms with Gasteiger partial charge >= 0.3 is 0 Å². The summed E-state index contributed by atoms with van der Waals surface area (Å²) in [5.41, 5.74) is 1.88. The molecule has 4 atom stereocenters. The molecule has 4 nitrogen and oxygen atoms in total. The number of Topliss-reactive ketones (excluding diaryl/α,β-unsaturated/α-hetero) is 1. The molecule has 1 aromatic rings. The van der Waals surface area contributed by atoms with Gasteiger partial charge in [-0.3, -0.25) is 4.79 Å². The fourth-order valence-corrected chi connectivity index (χ4v) is 3.12. The van der Waals surface area contributed by atoms with Crippen molar-refractivity contribution in [1.82, 2.24) is 0 Å². The van der Waals surface area contributed by atoms with Gasteiger partial charge < -0.3 is 14.6 Å². The molecular weight excluding hydrogens is 280 g/mol. The molecule has 0 bridgehead atoms. The molecular formula is C18H24O4. The molecule has 1 aliphatic carbocycles. The standard InChI is InChI=1S/C18H24O4/c1-11(2)16-15(12(3)17(19)18(16)20)10-22-9-13-5-7-14(21-4)8-6-13/h5-8,12,15-16,18,20H,1,9-10H2,2-4H3/t12-,15-,16-,18+/m1/s1. The third-order valence-electron chi connectivity index (χ3n) is 4.49. The Hall–Kier alpha value is -1.65. The van der Waals surface area contributed by atoms with Gasteiger partial charge in [-0.05, 0) is 24.6 Å². The Balaban J connectivity index is 1.94. The van der Waals surface area contributed by atoms with E-state index in [0.717, 1.165) is 16.9 Å². The molecule has 0 amide bonds. The Morgan fingerprint density at radius 1 is 1.32 bits per heavy atom. The number of rotatable bonds is 6. The predicted molar refractivity (Wildman–Crippen MR) is 84.6 cm³/mol. The highest BCUT2D eigenvalue weighted by atomic mass is 16.5. The third-order valence-corrected chi connectivity index (χ3v) is 4.49. The highest BCUT2D eigenvalue weighted by molar-refractivity contribution is 5.88. The number of ketones is 1. The van der Waals surface area contributed by atoms with Crippen LogP contribution >= 0.6 is 0 Å². The van der Waals surface area contributed by atoms with Gasteiger partial charge in [-0.25, -0.2) is 0 Å². The number of ether oxygens (including phenoxy) is 2. The van der Waals surface area contributed by atoms with E-state index in [1.165, 1.54) is 0 Å². The van der Waals surface area contributed by atoms with Gasteiger partial charge in [0.05, 0.1) is 20.3 Å². The molecule has 1 fully saturated rings. The maximum Gasteiger partial charge on any atom is 0.165 e. The Bertz CT molecular complexity index is 535. The molecule has 1 saturated carbocycles. The van der Waals surface area contributed by atoms with Crippen molar-refractivity contribution in [1.29, 1.82) is 0 Å². The van der Waals surface area contributed by atoms with Crippen molar-refractivity contribution >= 4 is 5.78 Å². The second kappa shape index (κ2) is 7.07. The second-order valence-electron chi connectivity index (χ2n) is 6.04.